The van der Waals surface area contributed by atoms with Gasteiger partial charge < -0.3 is 14.5 Å². The maximum atomic E-state index is 13.0. The Morgan fingerprint density at radius 3 is 2.43 bits per heavy atom. The van der Waals surface area contributed by atoms with Gasteiger partial charge in [-0.25, -0.2) is 4.98 Å². The van der Waals surface area contributed by atoms with E-state index in [9.17, 15) is 18.0 Å². The van der Waals surface area contributed by atoms with Gasteiger partial charge in [0.05, 0.1) is 18.7 Å². The lowest BCUT2D eigenvalue weighted by atomic mass is 9.94. The third kappa shape index (κ3) is 4.68. The van der Waals surface area contributed by atoms with Gasteiger partial charge in [0.15, 0.2) is 0 Å². The van der Waals surface area contributed by atoms with Crippen LogP contribution in [0.1, 0.15) is 36.9 Å². The molecule has 1 aromatic carbocycles. The second-order valence-corrected chi connectivity index (χ2v) is 7.53. The van der Waals surface area contributed by atoms with Crippen molar-refractivity contribution >= 4 is 11.7 Å². The minimum Gasteiger partial charge on any atom is -0.496 e. The Bertz CT molecular complexity index is 863. The van der Waals surface area contributed by atoms with Crippen LogP contribution in [0, 0.1) is 5.92 Å². The van der Waals surface area contributed by atoms with E-state index in [0.717, 1.165) is 23.6 Å². The van der Waals surface area contributed by atoms with E-state index in [1.54, 1.807) is 19.1 Å². The predicted molar refractivity (Wildman–Crippen MR) is 108 cm³/mol. The molecule has 0 unspecified atom stereocenters. The summed E-state index contributed by atoms with van der Waals surface area (Å²) in [6.45, 7) is 3.12. The first-order valence-electron chi connectivity index (χ1n) is 9.90. The number of para-hydroxylation sites is 1. The van der Waals surface area contributed by atoms with Gasteiger partial charge in [0.25, 0.3) is 0 Å². The van der Waals surface area contributed by atoms with Crippen LogP contribution in [0.3, 0.4) is 0 Å². The first-order chi connectivity index (χ1) is 14.2. The summed E-state index contributed by atoms with van der Waals surface area (Å²) < 4.78 is 43.5. The molecule has 1 aliphatic heterocycles. The lowest BCUT2D eigenvalue weighted by Crippen LogP contribution is -2.42. The molecule has 5 nitrogen and oxygen atoms in total. The largest absolute Gasteiger partial charge is 0.496 e. The van der Waals surface area contributed by atoms with E-state index in [-0.39, 0.29) is 17.9 Å². The number of methoxy groups -OCH3 is 1. The van der Waals surface area contributed by atoms with Gasteiger partial charge in [-0.2, -0.15) is 13.2 Å². The standard InChI is InChI=1S/C22H26F3N3O2/c1-15(18-6-4-5-7-19(18)30-3)27(2)21(29)16-10-12-28(13-11-16)20-9-8-17(14-26-20)22(23,24)25/h4-9,14-16H,10-13H2,1-3H3/t15-/m0/s1. The average molecular weight is 421 g/mol. The van der Waals surface area contributed by atoms with E-state index >= 15 is 0 Å². The van der Waals surface area contributed by atoms with Crippen LogP contribution >= 0.6 is 0 Å². The Kier molecular flexibility index (Phi) is 6.53. The molecule has 162 valence electrons. The quantitative estimate of drug-likeness (QED) is 0.711. The number of carbonyl (C=O) groups excluding carboxylic acids is 1. The number of benzene rings is 1. The van der Waals surface area contributed by atoms with Crippen molar-refractivity contribution in [1.82, 2.24) is 9.88 Å². The van der Waals surface area contributed by atoms with Crippen molar-refractivity contribution in [3.8, 4) is 5.75 Å². The Hall–Kier alpha value is -2.77. The zero-order valence-corrected chi connectivity index (χ0v) is 17.3. The predicted octanol–water partition coefficient (Wildman–Crippen LogP) is 4.55. The van der Waals surface area contributed by atoms with Gasteiger partial charge in [-0.05, 0) is 38.0 Å². The molecule has 0 N–H and O–H groups in total. The van der Waals surface area contributed by atoms with Gasteiger partial charge in [0, 0.05) is 37.8 Å². The van der Waals surface area contributed by atoms with Crippen molar-refractivity contribution in [2.75, 3.05) is 32.1 Å². The van der Waals surface area contributed by atoms with E-state index in [0.29, 0.717) is 31.7 Å². The van der Waals surface area contributed by atoms with Crippen LogP contribution in [0.15, 0.2) is 42.6 Å². The van der Waals surface area contributed by atoms with Gasteiger partial charge >= 0.3 is 6.18 Å². The highest BCUT2D eigenvalue weighted by atomic mass is 19.4. The summed E-state index contributed by atoms with van der Waals surface area (Å²) in [4.78, 5) is 20.7. The van der Waals surface area contributed by atoms with E-state index in [1.807, 2.05) is 36.1 Å². The number of hydrogen-bond acceptors (Lipinski definition) is 4. The average Bonchev–Trinajstić information content (AvgIpc) is 2.77. The SMILES string of the molecule is COc1ccccc1[C@H](C)N(C)C(=O)C1CCN(c2ccc(C(F)(F)F)cn2)CC1. The third-order valence-electron chi connectivity index (χ3n) is 5.76. The van der Waals surface area contributed by atoms with Gasteiger partial charge in [0.1, 0.15) is 11.6 Å². The Balaban J connectivity index is 1.61. The monoisotopic (exact) mass is 421 g/mol. The lowest BCUT2D eigenvalue weighted by molar-refractivity contribution is -0.138. The summed E-state index contributed by atoms with van der Waals surface area (Å²) in [6.07, 6.45) is -2.28. The number of rotatable bonds is 5. The highest BCUT2D eigenvalue weighted by molar-refractivity contribution is 5.79. The molecule has 1 aromatic heterocycles. The molecule has 1 fully saturated rings. The molecule has 3 rings (SSSR count). The molecule has 8 heteroatoms. The van der Waals surface area contributed by atoms with E-state index < -0.39 is 11.7 Å². The zero-order valence-electron chi connectivity index (χ0n) is 17.3. The smallest absolute Gasteiger partial charge is 0.417 e. The maximum absolute atomic E-state index is 13.0. The van der Waals surface area contributed by atoms with Gasteiger partial charge in [-0.15, -0.1) is 0 Å². The molecule has 1 amide bonds. The fourth-order valence-corrected chi connectivity index (χ4v) is 3.80. The lowest BCUT2D eigenvalue weighted by Gasteiger charge is -2.35. The Labute approximate surface area is 174 Å². The Morgan fingerprint density at radius 1 is 1.20 bits per heavy atom. The summed E-state index contributed by atoms with van der Waals surface area (Å²) in [5, 5.41) is 0. The first kappa shape index (κ1) is 21.9. The van der Waals surface area contributed by atoms with Gasteiger partial charge in [0.2, 0.25) is 5.91 Å². The maximum Gasteiger partial charge on any atom is 0.417 e. The van der Waals surface area contributed by atoms with Gasteiger partial charge in [-0.1, -0.05) is 18.2 Å². The summed E-state index contributed by atoms with van der Waals surface area (Å²) in [6, 6.07) is 9.93. The van der Waals surface area contributed by atoms with Gasteiger partial charge in [-0.3, -0.25) is 4.79 Å². The number of halogens is 3. The molecule has 2 aromatic rings. The number of carbonyl (C=O) groups is 1. The third-order valence-corrected chi connectivity index (χ3v) is 5.76. The fourth-order valence-electron chi connectivity index (χ4n) is 3.80. The summed E-state index contributed by atoms with van der Waals surface area (Å²) in [5.74, 6) is 1.18. The van der Waals surface area contributed by atoms with Crippen molar-refractivity contribution in [1.29, 1.82) is 0 Å². The van der Waals surface area contributed by atoms with Crippen LogP contribution in [0.25, 0.3) is 0 Å². The number of anilines is 1. The molecule has 0 radical (unpaired) electrons. The molecular weight excluding hydrogens is 395 g/mol. The minimum atomic E-state index is -4.40. The molecule has 1 aliphatic rings. The summed E-state index contributed by atoms with van der Waals surface area (Å²) in [5.41, 5.74) is 0.186. The molecule has 1 saturated heterocycles. The first-order valence-corrected chi connectivity index (χ1v) is 9.90. The number of amides is 1. The molecule has 0 spiro atoms. The summed E-state index contributed by atoms with van der Waals surface area (Å²) >= 11 is 0. The fraction of sp³-hybridized carbons (Fsp3) is 0.455. The van der Waals surface area contributed by atoms with Crippen LogP contribution in [0.4, 0.5) is 19.0 Å². The number of ether oxygens (including phenoxy) is 1. The molecule has 30 heavy (non-hydrogen) atoms. The zero-order chi connectivity index (χ0) is 21.9. The van der Waals surface area contributed by atoms with Crippen LogP contribution in [-0.2, 0) is 11.0 Å². The topological polar surface area (TPSA) is 45.7 Å². The van der Waals surface area contributed by atoms with Crippen molar-refractivity contribution < 1.29 is 22.7 Å². The highest BCUT2D eigenvalue weighted by Gasteiger charge is 2.32. The number of hydrogen-bond donors (Lipinski definition) is 0. The minimum absolute atomic E-state index is 0.0634. The van der Waals surface area contributed by atoms with Crippen molar-refractivity contribution in [3.63, 3.8) is 0 Å². The van der Waals surface area contributed by atoms with Crippen molar-refractivity contribution in [2.45, 2.75) is 32.0 Å². The Morgan fingerprint density at radius 2 is 1.87 bits per heavy atom. The second kappa shape index (κ2) is 8.93. The van der Waals surface area contributed by atoms with E-state index in [2.05, 4.69) is 4.98 Å². The normalized spacial score (nSPS) is 16.3. The molecule has 0 saturated carbocycles. The molecule has 0 bridgehead atoms. The highest BCUT2D eigenvalue weighted by Crippen LogP contribution is 2.32. The molecule has 0 aliphatic carbocycles. The number of piperidine rings is 1. The van der Waals surface area contributed by atoms with Crippen molar-refractivity contribution in [3.05, 3.63) is 53.7 Å². The van der Waals surface area contributed by atoms with E-state index in [4.69, 9.17) is 4.74 Å². The van der Waals surface area contributed by atoms with Crippen molar-refractivity contribution in [2.24, 2.45) is 5.92 Å². The summed E-state index contributed by atoms with van der Waals surface area (Å²) in [7, 11) is 3.40. The van der Waals surface area contributed by atoms with Crippen LogP contribution in [0.2, 0.25) is 0 Å². The number of pyridine rings is 1. The van der Waals surface area contributed by atoms with E-state index in [1.165, 1.54) is 6.07 Å². The second-order valence-electron chi connectivity index (χ2n) is 7.53. The molecule has 2 heterocycles. The van der Waals surface area contributed by atoms with Crippen LogP contribution in [0.5, 0.6) is 5.75 Å². The number of nitrogens with zero attached hydrogens (tertiary/aromatic N) is 3. The van der Waals surface area contributed by atoms with Crippen LogP contribution in [-0.4, -0.2) is 43.0 Å². The molecular formula is C22H26F3N3O2. The number of aromatic nitrogens is 1. The van der Waals surface area contributed by atoms with Crippen LogP contribution < -0.4 is 9.64 Å². The number of alkyl halides is 3. The molecule has 1 atom stereocenters.